The van der Waals surface area contributed by atoms with Crippen molar-refractivity contribution < 1.29 is 13.2 Å². The second kappa shape index (κ2) is 5.25. The van der Waals surface area contributed by atoms with Crippen LogP contribution in [0.1, 0.15) is 5.56 Å². The van der Waals surface area contributed by atoms with E-state index in [1.165, 1.54) is 23.6 Å². The number of halogens is 3. The molecule has 4 heterocycles. The lowest BCUT2D eigenvalue weighted by atomic mass is 10.1. The molecule has 0 radical (unpaired) electrons. The van der Waals surface area contributed by atoms with Crippen LogP contribution in [0.5, 0.6) is 0 Å². The minimum atomic E-state index is -4.49. The summed E-state index contributed by atoms with van der Waals surface area (Å²) in [6.45, 7) is -0.166. The van der Waals surface area contributed by atoms with E-state index in [-0.39, 0.29) is 17.3 Å². The number of nitrogens with one attached hydrogen (secondary N) is 1. The highest BCUT2D eigenvalue weighted by Gasteiger charge is 2.41. The van der Waals surface area contributed by atoms with Crippen molar-refractivity contribution in [3.63, 3.8) is 0 Å². The number of allylic oxidation sites excluding steroid dienone is 1. The van der Waals surface area contributed by atoms with E-state index >= 15 is 0 Å². The van der Waals surface area contributed by atoms with Gasteiger partial charge in [0.05, 0.1) is 6.54 Å². The zero-order valence-corrected chi connectivity index (χ0v) is 12.3. The normalized spacial score (nSPS) is 18.0. The second-order valence-corrected chi connectivity index (χ2v) is 5.26. The largest absolute Gasteiger partial charge is 0.487 e. The Labute approximate surface area is 134 Å². The van der Waals surface area contributed by atoms with Crippen molar-refractivity contribution in [2.45, 2.75) is 6.30 Å². The molecule has 1 N–H and O–H groups in total. The Hall–Kier alpha value is -3.04. The molecule has 7 nitrogen and oxygen atoms in total. The summed E-state index contributed by atoms with van der Waals surface area (Å²) in [4.78, 5) is 8.02. The predicted molar refractivity (Wildman–Crippen MR) is 80.1 cm³/mol. The molecule has 0 atom stereocenters. The summed E-state index contributed by atoms with van der Waals surface area (Å²) in [5.41, 5.74) is 5.28. The van der Waals surface area contributed by atoms with E-state index < -0.39 is 13.0 Å². The lowest BCUT2D eigenvalue weighted by molar-refractivity contribution is -0.239. The molecule has 0 saturated carbocycles. The maximum absolute atomic E-state index is 13.1. The Morgan fingerprint density at radius 2 is 2.08 bits per heavy atom. The molecule has 0 aliphatic carbocycles. The molecule has 24 heavy (non-hydrogen) atoms. The van der Waals surface area contributed by atoms with Crippen LogP contribution < -0.4 is 5.43 Å². The summed E-state index contributed by atoms with van der Waals surface area (Å²) in [6, 6.07) is 3.67. The van der Waals surface area contributed by atoms with Crippen molar-refractivity contribution in [3.05, 3.63) is 48.3 Å². The molecule has 2 aliphatic heterocycles. The van der Waals surface area contributed by atoms with Gasteiger partial charge in [-0.2, -0.15) is 5.10 Å². The van der Waals surface area contributed by atoms with Gasteiger partial charge in [-0.3, -0.25) is 10.0 Å². The third kappa shape index (κ3) is 2.45. The molecule has 2 aliphatic rings. The molecule has 2 aromatic heterocycles. The smallest absolute Gasteiger partial charge is 0.304 e. The van der Waals surface area contributed by atoms with Crippen molar-refractivity contribution in [1.82, 2.24) is 29.9 Å². The van der Waals surface area contributed by atoms with E-state index in [0.717, 1.165) is 11.1 Å². The van der Waals surface area contributed by atoms with Crippen LogP contribution in [0.3, 0.4) is 0 Å². The molecule has 2 aromatic rings. The number of hydrogen-bond acceptors (Lipinski definition) is 6. The van der Waals surface area contributed by atoms with Crippen molar-refractivity contribution in [1.29, 1.82) is 0 Å². The van der Waals surface area contributed by atoms with Gasteiger partial charge in [0.25, 0.3) is 0 Å². The minimum Gasteiger partial charge on any atom is -0.304 e. The van der Waals surface area contributed by atoms with Crippen LogP contribution in [0.2, 0.25) is 0 Å². The van der Waals surface area contributed by atoms with Crippen LogP contribution in [0.4, 0.5) is 13.2 Å². The fourth-order valence-corrected chi connectivity index (χ4v) is 2.60. The highest BCUT2D eigenvalue weighted by molar-refractivity contribution is 5.73. The first-order valence-corrected chi connectivity index (χ1v) is 7.09. The number of fused-ring (bicyclic) bond motifs is 1. The standard InChI is InChI=1S/C14H12F3N7/c15-14(16,17)22-9-18-4-3-13(22)24-7-11(5-20-24)10-1-2-12-19-8-21-23(12)6-10/h1-6,8,20H,7,9H2. The van der Waals surface area contributed by atoms with Crippen LogP contribution in [0, 0.1) is 0 Å². The van der Waals surface area contributed by atoms with Crippen molar-refractivity contribution in [2.24, 2.45) is 4.99 Å². The Morgan fingerprint density at radius 1 is 1.21 bits per heavy atom. The third-order valence-corrected chi connectivity index (χ3v) is 3.78. The second-order valence-electron chi connectivity index (χ2n) is 5.26. The number of aromatic nitrogens is 3. The van der Waals surface area contributed by atoms with Gasteiger partial charge in [0, 0.05) is 18.6 Å². The number of aliphatic imine (C=N–C) groups is 1. The van der Waals surface area contributed by atoms with E-state index in [1.54, 1.807) is 23.0 Å². The molecule has 0 fully saturated rings. The molecule has 0 aromatic carbocycles. The fraction of sp³-hybridized carbons (Fsp3) is 0.214. The molecule has 4 rings (SSSR count). The van der Waals surface area contributed by atoms with Gasteiger partial charge in [0.2, 0.25) is 0 Å². The third-order valence-electron chi connectivity index (χ3n) is 3.78. The number of nitrogens with zero attached hydrogens (tertiary/aromatic N) is 6. The summed E-state index contributed by atoms with van der Waals surface area (Å²) in [6.07, 6.45) is 3.13. The van der Waals surface area contributed by atoms with Gasteiger partial charge < -0.3 is 5.43 Å². The Balaban J connectivity index is 1.57. The van der Waals surface area contributed by atoms with Crippen molar-refractivity contribution >= 4 is 17.4 Å². The quantitative estimate of drug-likeness (QED) is 0.845. The number of hydrazine groups is 1. The Kier molecular flexibility index (Phi) is 3.18. The summed E-state index contributed by atoms with van der Waals surface area (Å²) in [5, 5.41) is 5.49. The summed E-state index contributed by atoms with van der Waals surface area (Å²) in [7, 11) is 0. The summed E-state index contributed by atoms with van der Waals surface area (Å²) in [5.74, 6) is 0.00517. The van der Waals surface area contributed by atoms with Gasteiger partial charge in [-0.1, -0.05) is 0 Å². The Morgan fingerprint density at radius 3 is 2.92 bits per heavy atom. The van der Waals surface area contributed by atoms with Gasteiger partial charge in [0.15, 0.2) is 5.65 Å². The molecular formula is C14H12F3N7. The van der Waals surface area contributed by atoms with E-state index in [1.807, 2.05) is 6.07 Å². The molecule has 0 bridgehead atoms. The average Bonchev–Trinajstić information content (AvgIpc) is 3.22. The molecular weight excluding hydrogens is 323 g/mol. The lowest BCUT2D eigenvalue weighted by Gasteiger charge is -2.34. The minimum absolute atomic E-state index is 0.00517. The first-order valence-electron chi connectivity index (χ1n) is 7.09. The fourth-order valence-electron chi connectivity index (χ4n) is 2.60. The highest BCUT2D eigenvalue weighted by atomic mass is 19.4. The molecule has 0 amide bonds. The van der Waals surface area contributed by atoms with Crippen LogP contribution in [-0.2, 0) is 0 Å². The van der Waals surface area contributed by atoms with Gasteiger partial charge >= 0.3 is 6.30 Å². The Bertz CT molecular complexity index is 865. The van der Waals surface area contributed by atoms with Crippen LogP contribution >= 0.6 is 0 Å². The average molecular weight is 335 g/mol. The number of rotatable bonds is 2. The van der Waals surface area contributed by atoms with Crippen LogP contribution in [0.25, 0.3) is 11.2 Å². The van der Waals surface area contributed by atoms with Crippen LogP contribution in [0.15, 0.2) is 47.7 Å². The van der Waals surface area contributed by atoms with Crippen molar-refractivity contribution in [3.8, 4) is 0 Å². The predicted octanol–water partition coefficient (Wildman–Crippen LogP) is 1.60. The van der Waals surface area contributed by atoms with Gasteiger partial charge in [-0.05, 0) is 29.3 Å². The van der Waals surface area contributed by atoms with E-state index in [9.17, 15) is 13.2 Å². The SMILES string of the molecule is FC(F)(F)N1CN=CC=C1N1CC(c2ccc3ncnn3c2)=CN1. The lowest BCUT2D eigenvalue weighted by Crippen LogP contribution is -2.47. The zero-order valence-electron chi connectivity index (χ0n) is 12.3. The van der Waals surface area contributed by atoms with Crippen molar-refractivity contribution in [2.75, 3.05) is 13.2 Å². The van der Waals surface area contributed by atoms with E-state index in [2.05, 4.69) is 20.5 Å². The van der Waals surface area contributed by atoms with Gasteiger partial charge in [0.1, 0.15) is 18.8 Å². The molecule has 10 heteroatoms. The van der Waals surface area contributed by atoms with E-state index in [0.29, 0.717) is 5.65 Å². The summed E-state index contributed by atoms with van der Waals surface area (Å²) >= 11 is 0. The molecule has 0 spiro atoms. The summed E-state index contributed by atoms with van der Waals surface area (Å²) < 4.78 is 41.0. The molecule has 0 unspecified atom stereocenters. The number of pyridine rings is 1. The van der Waals surface area contributed by atoms with E-state index in [4.69, 9.17) is 0 Å². The zero-order chi connectivity index (χ0) is 16.7. The van der Waals surface area contributed by atoms with Gasteiger partial charge in [-0.25, -0.2) is 14.4 Å². The van der Waals surface area contributed by atoms with Crippen LogP contribution in [-0.4, -0.2) is 50.2 Å². The first-order chi connectivity index (χ1) is 11.5. The highest BCUT2D eigenvalue weighted by Crippen LogP contribution is 2.30. The first kappa shape index (κ1) is 14.5. The maximum Gasteiger partial charge on any atom is 0.487 e. The van der Waals surface area contributed by atoms with Gasteiger partial charge in [-0.15, -0.1) is 13.2 Å². The topological polar surface area (TPSA) is 61.1 Å². The number of alkyl halides is 3. The molecule has 124 valence electrons. The molecule has 0 saturated heterocycles. The maximum atomic E-state index is 13.1. The monoisotopic (exact) mass is 335 g/mol. The number of hydrogen-bond donors (Lipinski definition) is 1.